The molecule has 1 aromatic carbocycles. The Morgan fingerprint density at radius 3 is 2.76 bits per heavy atom. The van der Waals surface area contributed by atoms with Crippen LogP contribution in [0.2, 0.25) is 0 Å². The number of nitrogens with one attached hydrogen (secondary N) is 1. The van der Waals surface area contributed by atoms with Gasteiger partial charge >= 0.3 is 5.97 Å². The third-order valence-electron chi connectivity index (χ3n) is 4.35. The van der Waals surface area contributed by atoms with E-state index in [9.17, 15) is 4.79 Å². The molecule has 0 bridgehead atoms. The Labute approximate surface area is 125 Å². The van der Waals surface area contributed by atoms with Crippen molar-refractivity contribution < 1.29 is 14.3 Å². The van der Waals surface area contributed by atoms with Crippen LogP contribution in [-0.2, 0) is 9.47 Å². The van der Waals surface area contributed by atoms with E-state index in [0.717, 1.165) is 18.7 Å². The average molecular weight is 292 g/mol. The maximum absolute atomic E-state index is 11.6. The standard InChI is InChI=1S/C16H24N2O3/c1-5-21-14-9-13(16(14,2)3)18-12-8-10(15(19)20-4)6-7-11(12)17/h6-8,13-14,18H,5,9,17H2,1-4H3. The van der Waals surface area contributed by atoms with Gasteiger partial charge in [0.2, 0.25) is 0 Å². The van der Waals surface area contributed by atoms with Crippen LogP contribution in [-0.4, -0.2) is 31.8 Å². The number of benzene rings is 1. The Balaban J connectivity index is 2.12. The zero-order chi connectivity index (χ0) is 15.6. The summed E-state index contributed by atoms with van der Waals surface area (Å²) in [6.07, 6.45) is 1.19. The van der Waals surface area contributed by atoms with Gasteiger partial charge in [-0.25, -0.2) is 4.79 Å². The van der Waals surface area contributed by atoms with Gasteiger partial charge in [0.25, 0.3) is 0 Å². The predicted molar refractivity (Wildman–Crippen MR) is 83.4 cm³/mol. The van der Waals surface area contributed by atoms with Crippen LogP contribution in [0, 0.1) is 5.41 Å². The average Bonchev–Trinajstić information content (AvgIpc) is 2.47. The number of carbonyl (C=O) groups is 1. The minimum atomic E-state index is -0.363. The fourth-order valence-electron chi connectivity index (χ4n) is 2.73. The molecule has 5 heteroatoms. The molecule has 116 valence electrons. The number of ether oxygens (including phenoxy) is 2. The third kappa shape index (κ3) is 2.97. The van der Waals surface area contributed by atoms with E-state index in [4.69, 9.17) is 15.2 Å². The molecule has 1 aliphatic rings. The number of anilines is 2. The molecule has 0 aliphatic heterocycles. The van der Waals surface area contributed by atoms with Crippen LogP contribution in [0.5, 0.6) is 0 Å². The second-order valence-corrected chi connectivity index (χ2v) is 5.99. The van der Waals surface area contributed by atoms with Crippen molar-refractivity contribution in [2.24, 2.45) is 5.41 Å². The molecule has 21 heavy (non-hydrogen) atoms. The van der Waals surface area contributed by atoms with Crippen molar-refractivity contribution in [2.75, 3.05) is 24.8 Å². The largest absolute Gasteiger partial charge is 0.465 e. The molecule has 1 aliphatic carbocycles. The molecule has 3 N–H and O–H groups in total. The maximum Gasteiger partial charge on any atom is 0.337 e. The SMILES string of the molecule is CCOC1CC(Nc2cc(C(=O)OC)ccc2N)C1(C)C. The first-order chi connectivity index (χ1) is 9.90. The smallest absolute Gasteiger partial charge is 0.337 e. The van der Waals surface area contributed by atoms with Gasteiger partial charge in [-0.2, -0.15) is 0 Å². The lowest BCUT2D eigenvalue weighted by Crippen LogP contribution is -2.58. The molecular weight excluding hydrogens is 268 g/mol. The number of rotatable bonds is 5. The summed E-state index contributed by atoms with van der Waals surface area (Å²) in [5.41, 5.74) is 7.91. The third-order valence-corrected chi connectivity index (χ3v) is 4.35. The summed E-state index contributed by atoms with van der Waals surface area (Å²) in [5, 5.41) is 3.43. The number of nitrogens with two attached hydrogens (primary N) is 1. The van der Waals surface area contributed by atoms with Gasteiger partial charge in [0.05, 0.1) is 30.2 Å². The van der Waals surface area contributed by atoms with Gasteiger partial charge < -0.3 is 20.5 Å². The highest BCUT2D eigenvalue weighted by Gasteiger charge is 2.49. The van der Waals surface area contributed by atoms with Gasteiger partial charge in [0.1, 0.15) is 0 Å². The molecule has 0 saturated heterocycles. The Morgan fingerprint density at radius 1 is 1.48 bits per heavy atom. The van der Waals surface area contributed by atoms with E-state index in [1.165, 1.54) is 7.11 Å². The Bertz CT molecular complexity index is 528. The van der Waals surface area contributed by atoms with Crippen LogP contribution in [0.3, 0.4) is 0 Å². The van der Waals surface area contributed by atoms with Crippen LogP contribution in [0.25, 0.3) is 0 Å². The molecule has 0 radical (unpaired) electrons. The molecule has 2 rings (SSSR count). The van der Waals surface area contributed by atoms with Gasteiger partial charge in [-0.3, -0.25) is 0 Å². The Hall–Kier alpha value is -1.75. The summed E-state index contributed by atoms with van der Waals surface area (Å²) in [7, 11) is 1.37. The predicted octanol–water partition coefficient (Wildman–Crippen LogP) is 2.67. The summed E-state index contributed by atoms with van der Waals surface area (Å²) in [4.78, 5) is 11.6. The van der Waals surface area contributed by atoms with E-state index in [1.54, 1.807) is 18.2 Å². The van der Waals surface area contributed by atoms with Gasteiger partial charge in [0, 0.05) is 18.1 Å². The summed E-state index contributed by atoms with van der Waals surface area (Å²) in [5.74, 6) is -0.363. The summed E-state index contributed by atoms with van der Waals surface area (Å²) < 4.78 is 10.5. The van der Waals surface area contributed by atoms with Crippen LogP contribution >= 0.6 is 0 Å². The Morgan fingerprint density at radius 2 is 2.19 bits per heavy atom. The molecule has 1 fully saturated rings. The number of nitrogen functional groups attached to an aromatic ring is 1. The van der Waals surface area contributed by atoms with Crippen LogP contribution in [0.4, 0.5) is 11.4 Å². The number of hydrogen-bond acceptors (Lipinski definition) is 5. The molecule has 5 nitrogen and oxygen atoms in total. The molecule has 1 aromatic rings. The first-order valence-electron chi connectivity index (χ1n) is 7.26. The van der Waals surface area contributed by atoms with E-state index in [0.29, 0.717) is 11.3 Å². The zero-order valence-corrected chi connectivity index (χ0v) is 13.1. The van der Waals surface area contributed by atoms with Gasteiger partial charge in [-0.05, 0) is 31.5 Å². The second-order valence-electron chi connectivity index (χ2n) is 5.99. The lowest BCUT2D eigenvalue weighted by molar-refractivity contribution is -0.0975. The molecule has 0 spiro atoms. The quantitative estimate of drug-likeness (QED) is 0.645. The Kier molecular flexibility index (Phi) is 4.42. The zero-order valence-electron chi connectivity index (χ0n) is 13.1. The van der Waals surface area contributed by atoms with E-state index < -0.39 is 0 Å². The minimum absolute atomic E-state index is 0.0315. The minimum Gasteiger partial charge on any atom is -0.465 e. The molecule has 1 saturated carbocycles. The van der Waals surface area contributed by atoms with Crippen molar-refractivity contribution in [1.29, 1.82) is 0 Å². The molecule has 0 amide bonds. The fourth-order valence-corrected chi connectivity index (χ4v) is 2.73. The highest BCUT2D eigenvalue weighted by atomic mass is 16.5. The number of esters is 1. The molecular formula is C16H24N2O3. The van der Waals surface area contributed by atoms with Crippen molar-refractivity contribution in [2.45, 2.75) is 39.3 Å². The van der Waals surface area contributed by atoms with Crippen molar-refractivity contribution in [1.82, 2.24) is 0 Å². The maximum atomic E-state index is 11.6. The number of hydrogen-bond donors (Lipinski definition) is 2. The second kappa shape index (κ2) is 5.93. The van der Waals surface area contributed by atoms with E-state index in [1.807, 2.05) is 6.92 Å². The molecule has 0 heterocycles. The van der Waals surface area contributed by atoms with Crippen LogP contribution in [0.15, 0.2) is 18.2 Å². The molecule has 0 aromatic heterocycles. The lowest BCUT2D eigenvalue weighted by Gasteiger charge is -2.52. The van der Waals surface area contributed by atoms with Gasteiger partial charge in [-0.1, -0.05) is 13.8 Å². The first-order valence-corrected chi connectivity index (χ1v) is 7.26. The van der Waals surface area contributed by atoms with Crippen LogP contribution < -0.4 is 11.1 Å². The first kappa shape index (κ1) is 15.6. The summed E-state index contributed by atoms with van der Waals surface area (Å²) in [6, 6.07) is 5.40. The summed E-state index contributed by atoms with van der Waals surface area (Å²) in [6.45, 7) is 7.08. The van der Waals surface area contributed by atoms with E-state index >= 15 is 0 Å². The van der Waals surface area contributed by atoms with Crippen molar-refractivity contribution >= 4 is 17.3 Å². The lowest BCUT2D eigenvalue weighted by atomic mass is 9.64. The molecule has 2 unspecified atom stereocenters. The van der Waals surface area contributed by atoms with Crippen molar-refractivity contribution in [3.8, 4) is 0 Å². The fraction of sp³-hybridized carbons (Fsp3) is 0.562. The monoisotopic (exact) mass is 292 g/mol. The number of methoxy groups -OCH3 is 1. The van der Waals surface area contributed by atoms with Crippen molar-refractivity contribution in [3.63, 3.8) is 0 Å². The van der Waals surface area contributed by atoms with E-state index in [2.05, 4.69) is 19.2 Å². The van der Waals surface area contributed by atoms with Gasteiger partial charge in [-0.15, -0.1) is 0 Å². The normalized spacial score (nSPS) is 23.2. The van der Waals surface area contributed by atoms with E-state index in [-0.39, 0.29) is 23.5 Å². The van der Waals surface area contributed by atoms with Crippen LogP contribution in [0.1, 0.15) is 37.6 Å². The number of carbonyl (C=O) groups excluding carboxylic acids is 1. The molecule has 2 atom stereocenters. The highest BCUT2D eigenvalue weighted by molar-refractivity contribution is 5.92. The summed E-state index contributed by atoms with van der Waals surface area (Å²) >= 11 is 0. The topological polar surface area (TPSA) is 73.6 Å². The van der Waals surface area contributed by atoms with Crippen molar-refractivity contribution in [3.05, 3.63) is 23.8 Å². The van der Waals surface area contributed by atoms with Gasteiger partial charge in [0.15, 0.2) is 0 Å². The highest BCUT2D eigenvalue weighted by Crippen LogP contribution is 2.44.